The van der Waals surface area contributed by atoms with Crippen LogP contribution in [0.3, 0.4) is 0 Å². The van der Waals surface area contributed by atoms with Gasteiger partial charge in [0.2, 0.25) is 0 Å². The number of carboxylic acid groups (broad SMARTS) is 1. The maximum atomic E-state index is 13.0. The quantitative estimate of drug-likeness (QED) is 0.496. The van der Waals surface area contributed by atoms with Crippen LogP contribution in [-0.2, 0) is 9.53 Å². The number of carbonyl (C=O) groups excluding carboxylic acids is 2. The molecule has 0 heterocycles. The lowest BCUT2D eigenvalue weighted by Gasteiger charge is -2.21. The largest absolute Gasteiger partial charge is 0.481 e. The molecule has 3 aromatic rings. The molecule has 7 heteroatoms. The zero-order valence-electron chi connectivity index (χ0n) is 19.9. The lowest BCUT2D eigenvalue weighted by Crippen LogP contribution is -2.34. The normalized spacial score (nSPS) is 12.9. The van der Waals surface area contributed by atoms with Crippen LogP contribution in [0.25, 0.3) is 11.1 Å². The molecule has 4 rings (SSSR count). The molecule has 2 amide bonds. The standard InChI is InChI=1S/C28H28N2O5/c1-17-12-13-25(23(14-17)26(31)30(3)15-18(2)27(32)33)29-28(34)35-16-24-21-10-6-4-8-19(21)20-9-5-7-11-22(20)24/h4-14,18,24H,15-16H2,1-3H3,(H,29,34)(H,32,33). The molecule has 0 saturated carbocycles. The van der Waals surface area contributed by atoms with Crippen molar-refractivity contribution in [3.8, 4) is 11.1 Å². The highest BCUT2D eigenvalue weighted by molar-refractivity contribution is 6.02. The predicted molar refractivity (Wildman–Crippen MR) is 134 cm³/mol. The Bertz CT molecular complexity index is 1240. The summed E-state index contributed by atoms with van der Waals surface area (Å²) in [5.41, 5.74) is 5.94. The molecule has 7 nitrogen and oxygen atoms in total. The number of aliphatic carboxylic acids is 1. The summed E-state index contributed by atoms with van der Waals surface area (Å²) in [6.45, 7) is 3.59. The van der Waals surface area contributed by atoms with Crippen molar-refractivity contribution in [2.45, 2.75) is 19.8 Å². The van der Waals surface area contributed by atoms with Crippen molar-refractivity contribution >= 4 is 23.7 Å². The van der Waals surface area contributed by atoms with Crippen molar-refractivity contribution < 1.29 is 24.2 Å². The van der Waals surface area contributed by atoms with E-state index in [4.69, 9.17) is 9.84 Å². The third-order valence-corrected chi connectivity index (χ3v) is 6.30. The molecule has 0 fully saturated rings. The van der Waals surface area contributed by atoms with Gasteiger partial charge in [0.25, 0.3) is 5.91 Å². The van der Waals surface area contributed by atoms with Crippen LogP contribution in [0.15, 0.2) is 66.7 Å². The van der Waals surface area contributed by atoms with Crippen LogP contribution in [0.4, 0.5) is 10.5 Å². The molecule has 0 radical (unpaired) electrons. The minimum atomic E-state index is -0.981. The Morgan fingerprint density at radius 3 is 2.20 bits per heavy atom. The second kappa shape index (κ2) is 10.0. The first-order valence-electron chi connectivity index (χ1n) is 11.5. The van der Waals surface area contributed by atoms with Crippen LogP contribution in [0.2, 0.25) is 0 Å². The van der Waals surface area contributed by atoms with Gasteiger partial charge in [-0.1, -0.05) is 67.1 Å². The first kappa shape index (κ1) is 24.0. The van der Waals surface area contributed by atoms with Crippen molar-refractivity contribution in [2.24, 2.45) is 5.92 Å². The fourth-order valence-corrected chi connectivity index (χ4v) is 4.47. The summed E-state index contributed by atoms with van der Waals surface area (Å²) in [6, 6.07) is 21.3. The zero-order valence-corrected chi connectivity index (χ0v) is 19.9. The van der Waals surface area contributed by atoms with Gasteiger partial charge in [-0.05, 0) is 41.3 Å². The van der Waals surface area contributed by atoms with Crippen LogP contribution in [0.1, 0.15) is 39.9 Å². The van der Waals surface area contributed by atoms with Gasteiger partial charge in [0, 0.05) is 19.5 Å². The molecule has 0 bridgehead atoms. The molecule has 1 unspecified atom stereocenters. The highest BCUT2D eigenvalue weighted by atomic mass is 16.5. The first-order valence-corrected chi connectivity index (χ1v) is 11.5. The third kappa shape index (κ3) is 5.04. The van der Waals surface area contributed by atoms with Gasteiger partial charge in [-0.3, -0.25) is 14.9 Å². The van der Waals surface area contributed by atoms with E-state index >= 15 is 0 Å². The average molecular weight is 473 g/mol. The second-order valence-corrected chi connectivity index (χ2v) is 8.92. The van der Waals surface area contributed by atoms with E-state index in [0.717, 1.165) is 27.8 Å². The van der Waals surface area contributed by atoms with Crippen LogP contribution < -0.4 is 5.32 Å². The number of aryl methyl sites for hydroxylation is 1. The Kier molecular flexibility index (Phi) is 6.87. The van der Waals surface area contributed by atoms with Crippen molar-refractivity contribution in [1.29, 1.82) is 0 Å². The maximum Gasteiger partial charge on any atom is 0.411 e. The number of rotatable bonds is 7. The van der Waals surface area contributed by atoms with Crippen molar-refractivity contribution in [3.05, 3.63) is 89.0 Å². The number of anilines is 1. The van der Waals surface area contributed by atoms with E-state index in [-0.39, 0.29) is 30.5 Å². The number of carbonyl (C=O) groups is 3. The third-order valence-electron chi connectivity index (χ3n) is 6.30. The van der Waals surface area contributed by atoms with Gasteiger partial charge in [-0.25, -0.2) is 4.79 Å². The van der Waals surface area contributed by atoms with E-state index < -0.39 is 18.0 Å². The Morgan fingerprint density at radius 2 is 1.60 bits per heavy atom. The number of ether oxygens (including phenoxy) is 1. The zero-order chi connectivity index (χ0) is 25.1. The SMILES string of the molecule is Cc1ccc(NC(=O)OCC2c3ccccc3-c3ccccc32)c(C(=O)N(C)CC(C)C(=O)O)c1. The number of hydrogen-bond acceptors (Lipinski definition) is 4. The molecule has 3 aromatic carbocycles. The first-order chi connectivity index (χ1) is 16.8. The molecule has 2 N–H and O–H groups in total. The summed E-state index contributed by atoms with van der Waals surface area (Å²) < 4.78 is 5.61. The fourth-order valence-electron chi connectivity index (χ4n) is 4.47. The number of carboxylic acids is 1. The summed E-state index contributed by atoms with van der Waals surface area (Å²) >= 11 is 0. The topological polar surface area (TPSA) is 95.9 Å². The number of amides is 2. The van der Waals surface area contributed by atoms with Crippen LogP contribution in [0, 0.1) is 12.8 Å². The minimum Gasteiger partial charge on any atom is -0.481 e. The highest BCUT2D eigenvalue weighted by Gasteiger charge is 2.29. The van der Waals surface area contributed by atoms with E-state index in [1.165, 1.54) is 11.8 Å². The number of nitrogens with one attached hydrogen (secondary N) is 1. The molecule has 1 atom stereocenters. The monoisotopic (exact) mass is 472 g/mol. The summed E-state index contributed by atoms with van der Waals surface area (Å²) in [5.74, 6) is -2.15. The van der Waals surface area contributed by atoms with Crippen LogP contribution in [0.5, 0.6) is 0 Å². The number of hydrogen-bond donors (Lipinski definition) is 2. The lowest BCUT2D eigenvalue weighted by atomic mass is 9.98. The molecule has 0 saturated heterocycles. The van der Waals surface area contributed by atoms with Crippen molar-refractivity contribution in [1.82, 2.24) is 4.90 Å². The fraction of sp³-hybridized carbons (Fsp3) is 0.250. The highest BCUT2D eigenvalue weighted by Crippen LogP contribution is 2.44. The second-order valence-electron chi connectivity index (χ2n) is 8.92. The minimum absolute atomic E-state index is 0.0481. The summed E-state index contributed by atoms with van der Waals surface area (Å²) in [7, 11) is 1.54. The van der Waals surface area contributed by atoms with E-state index in [2.05, 4.69) is 17.4 Å². The number of nitrogens with zero attached hydrogens (tertiary/aromatic N) is 1. The van der Waals surface area contributed by atoms with Crippen LogP contribution in [-0.4, -0.2) is 48.2 Å². The van der Waals surface area contributed by atoms with Gasteiger partial charge in [-0.2, -0.15) is 0 Å². The van der Waals surface area contributed by atoms with Crippen LogP contribution >= 0.6 is 0 Å². The summed E-state index contributed by atoms with van der Waals surface area (Å²) in [4.78, 5) is 38.3. The van der Waals surface area contributed by atoms with E-state index in [1.807, 2.05) is 43.3 Å². The van der Waals surface area contributed by atoms with Gasteiger partial charge >= 0.3 is 12.1 Å². The molecular formula is C28H28N2O5. The molecular weight excluding hydrogens is 444 g/mol. The van der Waals surface area contributed by atoms with E-state index in [1.54, 1.807) is 25.2 Å². The molecule has 1 aliphatic rings. The van der Waals surface area contributed by atoms with Gasteiger partial charge in [0.1, 0.15) is 6.61 Å². The Labute approximate surface area is 204 Å². The molecule has 0 aromatic heterocycles. The Balaban J connectivity index is 1.48. The molecule has 180 valence electrons. The van der Waals surface area contributed by atoms with E-state index in [9.17, 15) is 14.4 Å². The van der Waals surface area contributed by atoms with Crippen molar-refractivity contribution in [3.63, 3.8) is 0 Å². The lowest BCUT2D eigenvalue weighted by molar-refractivity contribution is -0.141. The molecule has 1 aliphatic carbocycles. The maximum absolute atomic E-state index is 13.0. The number of benzene rings is 3. The summed E-state index contributed by atoms with van der Waals surface area (Å²) in [5, 5.41) is 11.9. The summed E-state index contributed by atoms with van der Waals surface area (Å²) in [6.07, 6.45) is -0.661. The van der Waals surface area contributed by atoms with E-state index in [0.29, 0.717) is 5.69 Å². The average Bonchev–Trinajstić information content (AvgIpc) is 3.17. The van der Waals surface area contributed by atoms with Gasteiger partial charge in [-0.15, -0.1) is 0 Å². The smallest absolute Gasteiger partial charge is 0.411 e. The van der Waals surface area contributed by atoms with Crippen molar-refractivity contribution in [2.75, 3.05) is 25.5 Å². The number of fused-ring (bicyclic) bond motifs is 3. The van der Waals surface area contributed by atoms with Gasteiger partial charge in [0.05, 0.1) is 17.2 Å². The molecule has 0 spiro atoms. The Morgan fingerprint density at radius 1 is 1.00 bits per heavy atom. The Hall–Kier alpha value is -4.13. The van der Waals surface area contributed by atoms with Gasteiger partial charge in [0.15, 0.2) is 0 Å². The predicted octanol–water partition coefficient (Wildman–Crippen LogP) is 5.15. The molecule has 35 heavy (non-hydrogen) atoms. The van der Waals surface area contributed by atoms with Gasteiger partial charge < -0.3 is 14.7 Å². The molecule has 0 aliphatic heterocycles.